The number of thioether (sulfide) groups is 1. The van der Waals surface area contributed by atoms with Crippen LogP contribution in [0.4, 0.5) is 5.69 Å². The van der Waals surface area contributed by atoms with Crippen LogP contribution in [0.15, 0.2) is 53.4 Å². The summed E-state index contributed by atoms with van der Waals surface area (Å²) in [4.78, 5) is 17.4. The van der Waals surface area contributed by atoms with Crippen LogP contribution < -0.4 is 9.64 Å². The molecule has 1 aliphatic rings. The average Bonchev–Trinajstić information content (AvgIpc) is 3.03. The molecule has 1 heterocycles. The van der Waals surface area contributed by atoms with E-state index in [-0.39, 0.29) is 5.91 Å². The van der Waals surface area contributed by atoms with Crippen LogP contribution in [0.5, 0.6) is 5.75 Å². The van der Waals surface area contributed by atoms with Gasteiger partial charge in [-0.1, -0.05) is 61.2 Å². The van der Waals surface area contributed by atoms with Gasteiger partial charge in [-0.2, -0.15) is 0 Å². The van der Waals surface area contributed by atoms with Gasteiger partial charge in [0.2, 0.25) is 0 Å². The maximum Gasteiger partial charge on any atom is 0.266 e. The summed E-state index contributed by atoms with van der Waals surface area (Å²) in [6.45, 7) is 9.29. The number of benzene rings is 2. The summed E-state index contributed by atoms with van der Waals surface area (Å²) in [6.07, 6.45) is 2.78. The minimum absolute atomic E-state index is 0.0197. The summed E-state index contributed by atoms with van der Waals surface area (Å²) in [5.41, 5.74) is 3.10. The molecular weight excluding hydrogens is 412 g/mol. The van der Waals surface area contributed by atoms with Gasteiger partial charge in [0.05, 0.1) is 4.91 Å². The number of thiocarbonyl (C=S) groups is 1. The molecular formula is C24H28N2O2S2. The molecule has 1 saturated heterocycles. The van der Waals surface area contributed by atoms with Gasteiger partial charge in [0.25, 0.3) is 5.91 Å². The normalized spacial score (nSPS) is 15.2. The van der Waals surface area contributed by atoms with Crippen molar-refractivity contribution in [3.05, 3.63) is 64.6 Å². The van der Waals surface area contributed by atoms with Crippen LogP contribution >= 0.6 is 24.0 Å². The maximum atomic E-state index is 12.8. The third-order valence-corrected chi connectivity index (χ3v) is 6.35. The molecule has 0 aromatic heterocycles. The topological polar surface area (TPSA) is 32.8 Å². The van der Waals surface area contributed by atoms with Crippen LogP contribution in [0.25, 0.3) is 6.08 Å². The Bertz CT molecular complexity index is 924. The smallest absolute Gasteiger partial charge is 0.266 e. The lowest BCUT2D eigenvalue weighted by Gasteiger charge is -2.22. The largest absolute Gasteiger partial charge is 0.488 e. The molecule has 1 amide bonds. The molecule has 0 N–H and O–H groups in total. The first-order valence-electron chi connectivity index (χ1n) is 10.4. The molecule has 0 aliphatic carbocycles. The van der Waals surface area contributed by atoms with Crippen molar-refractivity contribution in [1.29, 1.82) is 0 Å². The first-order chi connectivity index (χ1) is 14.6. The fraction of sp³-hybridized carbons (Fsp3) is 0.333. The standard InChI is InChI=1S/C24H28N2O2S2/c1-4-14-26-23(27)22(30-24(26)29)15-19-12-13-20(25(5-2)6-3)16-21(19)28-17-18-10-8-7-9-11-18/h7-13,15-16H,4-6,14,17H2,1-3H3/b22-15-. The SMILES string of the molecule is CCCN1C(=O)/C(=C/c2ccc(N(CC)CC)cc2OCc2ccccc2)SC1=S. The molecule has 2 aromatic rings. The molecule has 0 unspecified atom stereocenters. The molecule has 1 aliphatic heterocycles. The quantitative estimate of drug-likeness (QED) is 0.368. The highest BCUT2D eigenvalue weighted by molar-refractivity contribution is 8.26. The van der Waals surface area contributed by atoms with Crippen LogP contribution in [0.1, 0.15) is 38.3 Å². The number of hydrogen-bond acceptors (Lipinski definition) is 5. The van der Waals surface area contributed by atoms with Crippen molar-refractivity contribution in [3.63, 3.8) is 0 Å². The van der Waals surface area contributed by atoms with Gasteiger partial charge >= 0.3 is 0 Å². The Morgan fingerprint density at radius 1 is 1.10 bits per heavy atom. The Hall–Kier alpha value is -2.31. The van der Waals surface area contributed by atoms with Crippen LogP contribution in [0.3, 0.4) is 0 Å². The maximum absolute atomic E-state index is 12.8. The summed E-state index contributed by atoms with van der Waals surface area (Å²) >= 11 is 6.76. The van der Waals surface area contributed by atoms with Crippen LogP contribution in [0, 0.1) is 0 Å². The highest BCUT2D eigenvalue weighted by Gasteiger charge is 2.31. The van der Waals surface area contributed by atoms with Gasteiger partial charge in [-0.15, -0.1) is 0 Å². The van der Waals surface area contributed by atoms with E-state index in [2.05, 4.69) is 30.9 Å². The zero-order valence-electron chi connectivity index (χ0n) is 17.8. The highest BCUT2D eigenvalue weighted by atomic mass is 32.2. The van der Waals surface area contributed by atoms with E-state index in [1.807, 2.05) is 49.4 Å². The summed E-state index contributed by atoms with van der Waals surface area (Å²) in [7, 11) is 0. The molecule has 158 valence electrons. The van der Waals surface area contributed by atoms with E-state index < -0.39 is 0 Å². The van der Waals surface area contributed by atoms with E-state index in [0.717, 1.165) is 42.1 Å². The van der Waals surface area contributed by atoms with E-state index >= 15 is 0 Å². The molecule has 6 heteroatoms. The van der Waals surface area contributed by atoms with Gasteiger partial charge in [-0.3, -0.25) is 9.69 Å². The van der Waals surface area contributed by atoms with Gasteiger partial charge in [0, 0.05) is 37.0 Å². The van der Waals surface area contributed by atoms with Crippen LogP contribution in [-0.2, 0) is 11.4 Å². The fourth-order valence-electron chi connectivity index (χ4n) is 3.35. The van der Waals surface area contributed by atoms with E-state index in [4.69, 9.17) is 17.0 Å². The molecule has 1 fully saturated rings. The van der Waals surface area contributed by atoms with Crippen molar-refractivity contribution in [3.8, 4) is 5.75 Å². The predicted octanol–water partition coefficient (Wildman–Crippen LogP) is 5.72. The lowest BCUT2D eigenvalue weighted by Crippen LogP contribution is -2.28. The number of amides is 1. The summed E-state index contributed by atoms with van der Waals surface area (Å²) in [6, 6.07) is 16.3. The van der Waals surface area contributed by atoms with Gasteiger partial charge in [0.1, 0.15) is 16.7 Å². The summed E-state index contributed by atoms with van der Waals surface area (Å²) in [5, 5.41) is 0. The second-order valence-corrected chi connectivity index (χ2v) is 8.68. The average molecular weight is 441 g/mol. The second-order valence-electron chi connectivity index (χ2n) is 7.00. The van der Waals surface area contributed by atoms with Crippen molar-refractivity contribution in [2.45, 2.75) is 33.8 Å². The molecule has 0 saturated carbocycles. The molecule has 4 nitrogen and oxygen atoms in total. The molecule has 0 radical (unpaired) electrons. The minimum atomic E-state index is -0.0197. The third kappa shape index (κ3) is 5.24. The third-order valence-electron chi connectivity index (χ3n) is 4.97. The Labute approximate surface area is 188 Å². The minimum Gasteiger partial charge on any atom is -0.488 e. The fourth-order valence-corrected chi connectivity index (χ4v) is 4.65. The summed E-state index contributed by atoms with van der Waals surface area (Å²) in [5.74, 6) is 0.748. The van der Waals surface area contributed by atoms with E-state index in [1.54, 1.807) is 4.90 Å². The van der Waals surface area contributed by atoms with E-state index in [9.17, 15) is 4.79 Å². The number of nitrogens with zero attached hydrogens (tertiary/aromatic N) is 2. The number of ether oxygens (including phenoxy) is 1. The van der Waals surface area contributed by atoms with E-state index in [0.29, 0.717) is 22.4 Å². The van der Waals surface area contributed by atoms with Crippen molar-refractivity contribution in [2.24, 2.45) is 0 Å². The lowest BCUT2D eigenvalue weighted by molar-refractivity contribution is -0.122. The van der Waals surface area contributed by atoms with Gasteiger partial charge in [-0.25, -0.2) is 0 Å². The van der Waals surface area contributed by atoms with Gasteiger partial charge < -0.3 is 9.64 Å². The summed E-state index contributed by atoms with van der Waals surface area (Å²) < 4.78 is 6.84. The first-order valence-corrected chi connectivity index (χ1v) is 11.6. The monoisotopic (exact) mass is 440 g/mol. The molecule has 2 aromatic carbocycles. The number of rotatable bonds is 9. The predicted molar refractivity (Wildman–Crippen MR) is 131 cm³/mol. The van der Waals surface area contributed by atoms with Crippen LogP contribution in [-0.4, -0.2) is 34.8 Å². The number of carbonyl (C=O) groups excluding carboxylic acids is 1. The van der Waals surface area contributed by atoms with Gasteiger partial charge in [-0.05, 0) is 44.0 Å². The van der Waals surface area contributed by atoms with Crippen molar-refractivity contribution in [1.82, 2.24) is 4.90 Å². The lowest BCUT2D eigenvalue weighted by atomic mass is 10.1. The van der Waals surface area contributed by atoms with Crippen molar-refractivity contribution < 1.29 is 9.53 Å². The molecule has 0 atom stereocenters. The van der Waals surface area contributed by atoms with Crippen molar-refractivity contribution in [2.75, 3.05) is 24.5 Å². The van der Waals surface area contributed by atoms with Crippen molar-refractivity contribution >= 4 is 46.0 Å². The Morgan fingerprint density at radius 3 is 2.50 bits per heavy atom. The molecule has 3 rings (SSSR count). The zero-order valence-corrected chi connectivity index (χ0v) is 19.4. The molecule has 30 heavy (non-hydrogen) atoms. The van der Waals surface area contributed by atoms with Gasteiger partial charge in [0.15, 0.2) is 0 Å². The Kier molecular flexibility index (Phi) is 7.94. The Balaban J connectivity index is 1.92. The zero-order chi connectivity index (χ0) is 21.5. The number of anilines is 1. The second kappa shape index (κ2) is 10.6. The molecule has 0 bridgehead atoms. The number of hydrogen-bond donors (Lipinski definition) is 0. The van der Waals surface area contributed by atoms with Crippen LogP contribution in [0.2, 0.25) is 0 Å². The first kappa shape index (κ1) is 22.4. The highest BCUT2D eigenvalue weighted by Crippen LogP contribution is 2.35. The number of carbonyl (C=O) groups is 1. The molecule has 0 spiro atoms. The Morgan fingerprint density at radius 2 is 1.83 bits per heavy atom. The van der Waals surface area contributed by atoms with E-state index in [1.165, 1.54) is 11.8 Å².